The first kappa shape index (κ1) is 20.5. The number of hydrogen-bond donors (Lipinski definition) is 3. The number of nitrogens with one attached hydrogen (secondary N) is 2. The van der Waals surface area contributed by atoms with Gasteiger partial charge in [-0.2, -0.15) is 0 Å². The molecule has 3 aromatic heterocycles. The third kappa shape index (κ3) is 4.61. The number of amides is 1. The van der Waals surface area contributed by atoms with Crippen LogP contribution < -0.4 is 16.4 Å². The third-order valence-electron chi connectivity index (χ3n) is 4.42. The van der Waals surface area contributed by atoms with Crippen LogP contribution in [-0.4, -0.2) is 44.2 Å². The molecule has 29 heavy (non-hydrogen) atoms. The van der Waals surface area contributed by atoms with Gasteiger partial charge < -0.3 is 16.4 Å². The van der Waals surface area contributed by atoms with Gasteiger partial charge in [0.15, 0.2) is 5.65 Å². The van der Waals surface area contributed by atoms with Gasteiger partial charge in [-0.05, 0) is 38.0 Å². The summed E-state index contributed by atoms with van der Waals surface area (Å²) >= 11 is 0. The number of hydrogen-bond acceptors (Lipinski definition) is 6. The second kappa shape index (κ2) is 8.42. The number of halogens is 1. The van der Waals surface area contributed by atoms with E-state index in [-0.39, 0.29) is 24.4 Å². The Morgan fingerprint density at radius 2 is 1.97 bits per heavy atom. The molecular weight excluding hydrogens is 373 g/mol. The number of alkyl halides is 1. The van der Waals surface area contributed by atoms with Crippen molar-refractivity contribution in [2.75, 3.05) is 17.6 Å². The maximum absolute atomic E-state index is 13.9. The summed E-state index contributed by atoms with van der Waals surface area (Å²) in [7, 11) is 0. The highest BCUT2D eigenvalue weighted by Gasteiger charge is 2.19. The fraction of sp³-hybridized carbons (Fsp3) is 0.400. The van der Waals surface area contributed by atoms with Crippen LogP contribution >= 0.6 is 0 Å². The Morgan fingerprint density at radius 1 is 1.21 bits per heavy atom. The molecule has 4 N–H and O–H groups in total. The lowest BCUT2D eigenvalue weighted by atomic mass is 10.1. The molecular formula is C20H26FN7O. The number of carbonyl (C=O) groups excluding carboxylic acids is 1. The van der Waals surface area contributed by atoms with Gasteiger partial charge in [-0.1, -0.05) is 13.8 Å². The smallest absolute Gasteiger partial charge is 0.255 e. The molecule has 0 saturated heterocycles. The van der Waals surface area contributed by atoms with Gasteiger partial charge in [0.25, 0.3) is 5.91 Å². The molecule has 1 unspecified atom stereocenters. The van der Waals surface area contributed by atoms with Crippen LogP contribution in [-0.2, 0) is 0 Å². The van der Waals surface area contributed by atoms with E-state index in [9.17, 15) is 9.18 Å². The van der Waals surface area contributed by atoms with Crippen molar-refractivity contribution in [1.82, 2.24) is 24.9 Å². The molecule has 0 aromatic carbocycles. The van der Waals surface area contributed by atoms with Gasteiger partial charge in [-0.3, -0.25) is 9.78 Å². The van der Waals surface area contributed by atoms with E-state index in [1.54, 1.807) is 42.8 Å². The van der Waals surface area contributed by atoms with Crippen LogP contribution in [0.2, 0.25) is 0 Å². The summed E-state index contributed by atoms with van der Waals surface area (Å²) in [6.07, 6.45) is 2.02. The van der Waals surface area contributed by atoms with E-state index in [0.29, 0.717) is 34.1 Å². The predicted octanol–water partition coefficient (Wildman–Crippen LogP) is 2.92. The first-order valence-electron chi connectivity index (χ1n) is 9.55. The third-order valence-corrected chi connectivity index (χ3v) is 4.42. The summed E-state index contributed by atoms with van der Waals surface area (Å²) in [5, 5.41) is 10.2. The van der Waals surface area contributed by atoms with Crippen LogP contribution in [0.3, 0.4) is 0 Å². The van der Waals surface area contributed by atoms with Gasteiger partial charge in [-0.25, -0.2) is 13.9 Å². The number of fused-ring (bicyclic) bond motifs is 1. The Morgan fingerprint density at radius 3 is 2.66 bits per heavy atom. The average Bonchev–Trinajstić information content (AvgIpc) is 3.08. The van der Waals surface area contributed by atoms with Crippen LogP contribution in [0.5, 0.6) is 0 Å². The molecule has 154 valence electrons. The molecule has 3 aromatic rings. The number of aromatic nitrogens is 4. The molecule has 0 bridgehead atoms. The van der Waals surface area contributed by atoms with Crippen LogP contribution in [0, 0.1) is 5.92 Å². The number of anilines is 2. The Bertz CT molecular complexity index is 1020. The predicted molar refractivity (Wildman–Crippen MR) is 111 cm³/mol. The van der Waals surface area contributed by atoms with Gasteiger partial charge in [0, 0.05) is 18.8 Å². The molecule has 0 aliphatic heterocycles. The van der Waals surface area contributed by atoms with Crippen molar-refractivity contribution in [3.63, 3.8) is 0 Å². The van der Waals surface area contributed by atoms with Crippen molar-refractivity contribution in [3.05, 3.63) is 36.2 Å². The lowest BCUT2D eigenvalue weighted by molar-refractivity contribution is 0.0935. The summed E-state index contributed by atoms with van der Waals surface area (Å²) < 4.78 is 15.5. The second-order valence-electron chi connectivity index (χ2n) is 7.56. The monoisotopic (exact) mass is 399 g/mol. The van der Waals surface area contributed by atoms with E-state index < -0.39 is 6.17 Å². The molecule has 0 saturated carbocycles. The summed E-state index contributed by atoms with van der Waals surface area (Å²) in [5.74, 6) is -0.186. The summed E-state index contributed by atoms with van der Waals surface area (Å²) in [6, 6.07) is 5.28. The zero-order valence-electron chi connectivity index (χ0n) is 17.0. The molecule has 9 heteroatoms. The van der Waals surface area contributed by atoms with E-state index in [2.05, 4.69) is 25.7 Å². The maximum Gasteiger partial charge on any atom is 0.255 e. The number of rotatable bonds is 7. The average molecular weight is 399 g/mol. The van der Waals surface area contributed by atoms with Crippen LogP contribution in [0.15, 0.2) is 30.6 Å². The van der Waals surface area contributed by atoms with E-state index in [1.165, 1.54) is 6.20 Å². The highest BCUT2D eigenvalue weighted by Crippen LogP contribution is 2.25. The highest BCUT2D eigenvalue weighted by atomic mass is 19.1. The Kier molecular flexibility index (Phi) is 5.95. The van der Waals surface area contributed by atoms with Crippen molar-refractivity contribution in [3.8, 4) is 11.4 Å². The normalized spacial score (nSPS) is 12.5. The Balaban J connectivity index is 1.95. The van der Waals surface area contributed by atoms with Crippen LogP contribution in [0.25, 0.3) is 17.0 Å². The van der Waals surface area contributed by atoms with Gasteiger partial charge in [0.05, 0.1) is 23.1 Å². The number of nitrogens with zero attached hydrogens (tertiary/aromatic N) is 4. The first-order chi connectivity index (χ1) is 13.8. The number of nitrogens with two attached hydrogens (primary N) is 1. The van der Waals surface area contributed by atoms with Gasteiger partial charge in [0.1, 0.15) is 17.7 Å². The largest absolute Gasteiger partial charge is 0.382 e. The molecule has 0 radical (unpaired) electrons. The quantitative estimate of drug-likeness (QED) is 0.563. The fourth-order valence-corrected chi connectivity index (χ4v) is 2.79. The van der Waals surface area contributed by atoms with E-state index >= 15 is 0 Å². The number of nitrogen functional groups attached to an aromatic ring is 1. The number of pyridine rings is 1. The van der Waals surface area contributed by atoms with Crippen LogP contribution in [0.1, 0.15) is 38.1 Å². The zero-order valence-corrected chi connectivity index (χ0v) is 17.0. The van der Waals surface area contributed by atoms with Gasteiger partial charge in [-0.15, -0.1) is 5.10 Å². The summed E-state index contributed by atoms with van der Waals surface area (Å²) in [4.78, 5) is 21.4. The molecule has 0 aliphatic rings. The van der Waals surface area contributed by atoms with E-state index in [0.717, 1.165) is 0 Å². The maximum atomic E-state index is 13.9. The molecule has 0 aliphatic carbocycles. The molecule has 1 amide bonds. The minimum Gasteiger partial charge on any atom is -0.382 e. The summed E-state index contributed by atoms with van der Waals surface area (Å²) in [5.41, 5.74) is 8.61. The molecule has 8 nitrogen and oxygen atoms in total. The minimum atomic E-state index is -1.11. The Hall–Kier alpha value is -3.23. The van der Waals surface area contributed by atoms with E-state index in [1.807, 2.05) is 13.8 Å². The number of imidazole rings is 1. The summed E-state index contributed by atoms with van der Waals surface area (Å²) in [6.45, 7) is 7.43. The van der Waals surface area contributed by atoms with Crippen molar-refractivity contribution >= 4 is 23.1 Å². The fourth-order valence-electron chi connectivity index (χ4n) is 2.79. The molecule has 0 spiro atoms. The lowest BCUT2D eigenvalue weighted by Gasteiger charge is -2.17. The first-order valence-corrected chi connectivity index (χ1v) is 9.55. The second-order valence-corrected chi connectivity index (χ2v) is 7.56. The zero-order chi connectivity index (χ0) is 21.1. The van der Waals surface area contributed by atoms with Gasteiger partial charge >= 0.3 is 0 Å². The highest BCUT2D eigenvalue weighted by molar-refractivity contribution is 6.00. The topological polar surface area (TPSA) is 110 Å². The van der Waals surface area contributed by atoms with Gasteiger partial charge in [0.2, 0.25) is 0 Å². The van der Waals surface area contributed by atoms with Crippen molar-refractivity contribution in [1.29, 1.82) is 0 Å². The lowest BCUT2D eigenvalue weighted by Crippen LogP contribution is -2.33. The molecule has 1 atom stereocenters. The van der Waals surface area contributed by atoms with Crippen molar-refractivity contribution in [2.45, 2.75) is 39.9 Å². The van der Waals surface area contributed by atoms with E-state index in [4.69, 9.17) is 5.73 Å². The Labute approximate surface area is 168 Å². The molecule has 3 heterocycles. The molecule has 3 rings (SSSR count). The standard InChI is InChI=1S/C20H26FN7O/c1-11(2)14(21)9-25-20(29)13-8-23-16(7-15(13)26-12(3)4)17-10-24-19-6-5-18(22)27-28(17)19/h5-8,10-12,14H,9H2,1-4H3,(H2,22,27)(H,23,26)(H,25,29). The SMILES string of the molecule is CC(C)Nc1cc(-c2cnc3ccc(N)nn23)ncc1C(=O)NCC(F)C(C)C. The molecule has 0 fully saturated rings. The minimum absolute atomic E-state index is 0.0458. The van der Waals surface area contributed by atoms with Crippen molar-refractivity contribution < 1.29 is 9.18 Å². The van der Waals surface area contributed by atoms with Crippen LogP contribution in [0.4, 0.5) is 15.9 Å². The number of carbonyl (C=O) groups is 1. The van der Waals surface area contributed by atoms with Crippen molar-refractivity contribution in [2.24, 2.45) is 5.92 Å².